The molecule has 2 aliphatic carbocycles. The standard InChI is InChI=1S/C17H25NOS/c1-2-19-15-11-14(12-15)18-13-7-9-17(10-8-13)20-16-5-3-4-6-16/h7-10,14-16,18H,2-6,11-12H2,1H3. The summed E-state index contributed by atoms with van der Waals surface area (Å²) in [6, 6.07) is 9.59. The van der Waals surface area contributed by atoms with Crippen molar-refractivity contribution in [2.45, 2.75) is 67.7 Å². The predicted octanol–water partition coefficient (Wildman–Crippen LogP) is 4.70. The summed E-state index contributed by atoms with van der Waals surface area (Å²) >= 11 is 2.06. The van der Waals surface area contributed by atoms with Crippen LogP contribution < -0.4 is 5.32 Å². The molecule has 0 aliphatic heterocycles. The lowest BCUT2D eigenvalue weighted by atomic mass is 9.89. The minimum Gasteiger partial charge on any atom is -0.382 e. The zero-order valence-electron chi connectivity index (χ0n) is 12.3. The average Bonchev–Trinajstić information content (AvgIpc) is 2.91. The first-order valence-corrected chi connectivity index (χ1v) is 8.86. The van der Waals surface area contributed by atoms with Crippen molar-refractivity contribution in [1.29, 1.82) is 0 Å². The smallest absolute Gasteiger partial charge is 0.0614 e. The summed E-state index contributed by atoms with van der Waals surface area (Å²) in [5, 5.41) is 4.45. The summed E-state index contributed by atoms with van der Waals surface area (Å²) in [6.07, 6.45) is 8.39. The molecule has 0 heterocycles. The van der Waals surface area contributed by atoms with Gasteiger partial charge in [0.1, 0.15) is 0 Å². The van der Waals surface area contributed by atoms with E-state index in [1.165, 1.54) is 36.3 Å². The van der Waals surface area contributed by atoms with Crippen molar-refractivity contribution >= 4 is 17.4 Å². The number of hydrogen-bond acceptors (Lipinski definition) is 3. The molecule has 0 atom stereocenters. The molecule has 0 aromatic heterocycles. The lowest BCUT2D eigenvalue weighted by Gasteiger charge is -2.36. The van der Waals surface area contributed by atoms with E-state index in [0.717, 1.165) is 24.7 Å². The van der Waals surface area contributed by atoms with E-state index in [-0.39, 0.29) is 0 Å². The molecule has 3 rings (SSSR count). The summed E-state index contributed by atoms with van der Waals surface area (Å²) in [5.41, 5.74) is 1.25. The van der Waals surface area contributed by atoms with E-state index in [2.05, 4.69) is 48.3 Å². The zero-order chi connectivity index (χ0) is 13.8. The first-order chi connectivity index (χ1) is 9.83. The van der Waals surface area contributed by atoms with Crippen LogP contribution in [-0.2, 0) is 4.74 Å². The number of nitrogens with one attached hydrogen (secondary N) is 1. The van der Waals surface area contributed by atoms with Crippen LogP contribution in [0.5, 0.6) is 0 Å². The van der Waals surface area contributed by atoms with Gasteiger partial charge in [0, 0.05) is 28.5 Å². The van der Waals surface area contributed by atoms with Gasteiger partial charge in [-0.2, -0.15) is 0 Å². The second kappa shape index (κ2) is 6.86. The van der Waals surface area contributed by atoms with Crippen molar-refractivity contribution < 1.29 is 4.74 Å². The normalized spacial score (nSPS) is 26.4. The Morgan fingerprint density at radius 3 is 2.50 bits per heavy atom. The summed E-state index contributed by atoms with van der Waals surface area (Å²) in [7, 11) is 0. The fourth-order valence-corrected chi connectivity index (χ4v) is 4.37. The number of thioether (sulfide) groups is 1. The molecule has 2 saturated carbocycles. The van der Waals surface area contributed by atoms with Crippen LogP contribution in [0.15, 0.2) is 29.2 Å². The molecule has 110 valence electrons. The van der Waals surface area contributed by atoms with Crippen LogP contribution in [0.25, 0.3) is 0 Å². The van der Waals surface area contributed by atoms with Crippen LogP contribution in [0.4, 0.5) is 5.69 Å². The first-order valence-electron chi connectivity index (χ1n) is 7.98. The molecular formula is C17H25NOS. The molecule has 0 saturated heterocycles. The summed E-state index contributed by atoms with van der Waals surface area (Å²) < 4.78 is 5.60. The quantitative estimate of drug-likeness (QED) is 0.821. The van der Waals surface area contributed by atoms with Gasteiger partial charge < -0.3 is 10.1 Å². The zero-order valence-corrected chi connectivity index (χ0v) is 13.1. The van der Waals surface area contributed by atoms with E-state index in [1.807, 2.05) is 0 Å². The summed E-state index contributed by atoms with van der Waals surface area (Å²) in [6.45, 7) is 2.91. The van der Waals surface area contributed by atoms with Gasteiger partial charge in [-0.25, -0.2) is 0 Å². The maximum Gasteiger partial charge on any atom is 0.0614 e. The van der Waals surface area contributed by atoms with Gasteiger partial charge in [-0.1, -0.05) is 12.8 Å². The Morgan fingerprint density at radius 1 is 1.15 bits per heavy atom. The molecule has 0 radical (unpaired) electrons. The molecule has 20 heavy (non-hydrogen) atoms. The minimum absolute atomic E-state index is 0.481. The highest BCUT2D eigenvalue weighted by Gasteiger charge is 2.29. The van der Waals surface area contributed by atoms with Crippen LogP contribution in [0.1, 0.15) is 45.4 Å². The Labute approximate surface area is 126 Å². The Morgan fingerprint density at radius 2 is 1.85 bits per heavy atom. The Kier molecular flexibility index (Phi) is 4.90. The fraction of sp³-hybridized carbons (Fsp3) is 0.647. The van der Waals surface area contributed by atoms with Crippen molar-refractivity contribution in [3.05, 3.63) is 24.3 Å². The molecule has 0 unspecified atom stereocenters. The molecule has 0 spiro atoms. The predicted molar refractivity (Wildman–Crippen MR) is 86.6 cm³/mol. The van der Waals surface area contributed by atoms with E-state index in [1.54, 1.807) is 0 Å². The van der Waals surface area contributed by atoms with Crippen LogP contribution in [0, 0.1) is 0 Å². The number of benzene rings is 1. The highest BCUT2D eigenvalue weighted by molar-refractivity contribution is 8.00. The number of hydrogen-bond donors (Lipinski definition) is 1. The third kappa shape index (κ3) is 3.70. The maximum atomic E-state index is 5.60. The SMILES string of the molecule is CCOC1CC(Nc2ccc(SC3CCCC3)cc2)C1. The van der Waals surface area contributed by atoms with Crippen LogP contribution >= 0.6 is 11.8 Å². The van der Waals surface area contributed by atoms with E-state index in [4.69, 9.17) is 4.74 Å². The number of ether oxygens (including phenoxy) is 1. The number of rotatable bonds is 6. The number of anilines is 1. The van der Waals surface area contributed by atoms with E-state index in [0.29, 0.717) is 12.1 Å². The van der Waals surface area contributed by atoms with Crippen LogP contribution in [0.3, 0.4) is 0 Å². The summed E-state index contributed by atoms with van der Waals surface area (Å²) in [4.78, 5) is 1.42. The third-order valence-electron chi connectivity index (χ3n) is 4.33. The van der Waals surface area contributed by atoms with Gasteiger partial charge in [-0.15, -0.1) is 11.8 Å². The third-order valence-corrected chi connectivity index (χ3v) is 5.68. The second-order valence-corrected chi connectivity index (χ2v) is 7.31. The molecule has 1 N–H and O–H groups in total. The second-order valence-electron chi connectivity index (χ2n) is 5.94. The first kappa shape index (κ1) is 14.3. The Bertz CT molecular complexity index is 408. The molecule has 1 aromatic rings. The molecule has 2 aliphatic rings. The van der Waals surface area contributed by atoms with Crippen LogP contribution in [0.2, 0.25) is 0 Å². The lowest BCUT2D eigenvalue weighted by molar-refractivity contribution is 0.00299. The van der Waals surface area contributed by atoms with Crippen molar-refractivity contribution in [2.24, 2.45) is 0 Å². The van der Waals surface area contributed by atoms with Gasteiger partial charge in [0.25, 0.3) is 0 Å². The van der Waals surface area contributed by atoms with Gasteiger partial charge in [-0.3, -0.25) is 0 Å². The molecule has 2 fully saturated rings. The van der Waals surface area contributed by atoms with Crippen molar-refractivity contribution in [3.8, 4) is 0 Å². The van der Waals surface area contributed by atoms with Crippen LogP contribution in [-0.4, -0.2) is 24.0 Å². The maximum absolute atomic E-state index is 5.60. The monoisotopic (exact) mass is 291 g/mol. The highest BCUT2D eigenvalue weighted by atomic mass is 32.2. The Hall–Kier alpha value is -0.670. The van der Waals surface area contributed by atoms with Crippen molar-refractivity contribution in [1.82, 2.24) is 0 Å². The molecular weight excluding hydrogens is 266 g/mol. The molecule has 3 heteroatoms. The molecule has 0 bridgehead atoms. The van der Waals surface area contributed by atoms with Gasteiger partial charge in [0.2, 0.25) is 0 Å². The van der Waals surface area contributed by atoms with Crippen molar-refractivity contribution in [3.63, 3.8) is 0 Å². The van der Waals surface area contributed by atoms with E-state index < -0.39 is 0 Å². The van der Waals surface area contributed by atoms with E-state index in [9.17, 15) is 0 Å². The van der Waals surface area contributed by atoms with Gasteiger partial charge in [0.05, 0.1) is 6.10 Å². The van der Waals surface area contributed by atoms with Gasteiger partial charge >= 0.3 is 0 Å². The van der Waals surface area contributed by atoms with Crippen molar-refractivity contribution in [2.75, 3.05) is 11.9 Å². The minimum atomic E-state index is 0.481. The Balaban J connectivity index is 1.44. The van der Waals surface area contributed by atoms with Gasteiger partial charge in [-0.05, 0) is 56.9 Å². The highest BCUT2D eigenvalue weighted by Crippen LogP contribution is 2.35. The fourth-order valence-electron chi connectivity index (χ4n) is 3.12. The topological polar surface area (TPSA) is 21.3 Å². The molecule has 0 amide bonds. The molecule has 1 aromatic carbocycles. The largest absolute Gasteiger partial charge is 0.382 e. The lowest BCUT2D eigenvalue weighted by Crippen LogP contribution is -2.40. The molecule has 2 nitrogen and oxygen atoms in total. The summed E-state index contributed by atoms with van der Waals surface area (Å²) in [5.74, 6) is 0. The van der Waals surface area contributed by atoms with E-state index >= 15 is 0 Å². The van der Waals surface area contributed by atoms with Gasteiger partial charge in [0.15, 0.2) is 0 Å². The average molecular weight is 291 g/mol.